The SMILES string of the molecule is CCCCCCCCN(CCCCCCCC)c1c(C)n(C)n(-c2ccccc2)c1=O. The van der Waals surface area contributed by atoms with E-state index >= 15 is 0 Å². The molecule has 2 rings (SSSR count). The van der Waals surface area contributed by atoms with Crippen LogP contribution in [0.1, 0.15) is 96.6 Å². The minimum atomic E-state index is 0.114. The highest BCUT2D eigenvalue weighted by molar-refractivity contribution is 5.51. The lowest BCUT2D eigenvalue weighted by molar-refractivity contribution is 0.574. The van der Waals surface area contributed by atoms with Crippen LogP contribution in [-0.2, 0) is 7.05 Å². The maximum Gasteiger partial charge on any atom is 0.295 e. The molecule has 0 aliphatic carbocycles. The van der Waals surface area contributed by atoms with Crippen molar-refractivity contribution in [1.29, 1.82) is 0 Å². The average Bonchev–Trinajstić information content (AvgIpc) is 3.00. The van der Waals surface area contributed by atoms with Gasteiger partial charge in [0.2, 0.25) is 0 Å². The van der Waals surface area contributed by atoms with Crippen LogP contribution in [0.3, 0.4) is 0 Å². The maximum absolute atomic E-state index is 13.5. The van der Waals surface area contributed by atoms with Crippen molar-refractivity contribution in [3.8, 4) is 5.69 Å². The second-order valence-electron chi connectivity index (χ2n) is 8.93. The summed E-state index contributed by atoms with van der Waals surface area (Å²) in [5, 5.41) is 0. The first-order valence-electron chi connectivity index (χ1n) is 12.7. The first kappa shape index (κ1) is 25.3. The van der Waals surface area contributed by atoms with Crippen LogP contribution in [0.2, 0.25) is 0 Å². The summed E-state index contributed by atoms with van der Waals surface area (Å²) in [4.78, 5) is 15.9. The molecular weight excluding hydrogens is 382 g/mol. The molecule has 0 spiro atoms. The maximum atomic E-state index is 13.5. The lowest BCUT2D eigenvalue weighted by Crippen LogP contribution is -2.31. The fourth-order valence-corrected chi connectivity index (χ4v) is 4.42. The third-order valence-electron chi connectivity index (χ3n) is 6.40. The zero-order valence-electron chi connectivity index (χ0n) is 20.5. The van der Waals surface area contributed by atoms with Crippen molar-refractivity contribution >= 4 is 5.69 Å². The number of hydrogen-bond acceptors (Lipinski definition) is 2. The molecule has 1 heterocycles. The number of anilines is 1. The first-order valence-corrected chi connectivity index (χ1v) is 12.7. The van der Waals surface area contributed by atoms with Crippen LogP contribution in [0.25, 0.3) is 5.69 Å². The Morgan fingerprint density at radius 3 is 1.74 bits per heavy atom. The van der Waals surface area contributed by atoms with Crippen LogP contribution in [0.15, 0.2) is 35.1 Å². The van der Waals surface area contributed by atoms with Gasteiger partial charge in [-0.25, -0.2) is 4.68 Å². The van der Waals surface area contributed by atoms with Crippen molar-refractivity contribution in [1.82, 2.24) is 9.36 Å². The molecule has 1 aromatic heterocycles. The van der Waals surface area contributed by atoms with E-state index in [4.69, 9.17) is 0 Å². The Morgan fingerprint density at radius 2 is 1.23 bits per heavy atom. The Labute approximate surface area is 190 Å². The van der Waals surface area contributed by atoms with Gasteiger partial charge in [0.25, 0.3) is 5.56 Å². The predicted molar refractivity (Wildman–Crippen MR) is 135 cm³/mol. The molecule has 0 radical (unpaired) electrons. The van der Waals surface area contributed by atoms with Crippen molar-refractivity contribution in [3.05, 3.63) is 46.4 Å². The smallest absolute Gasteiger partial charge is 0.295 e. The summed E-state index contributed by atoms with van der Waals surface area (Å²) in [5.41, 5.74) is 3.01. The highest BCUT2D eigenvalue weighted by Gasteiger charge is 2.21. The Bertz CT molecular complexity index is 775. The number of unbranched alkanes of at least 4 members (excludes halogenated alkanes) is 10. The molecule has 1 aromatic carbocycles. The summed E-state index contributed by atoms with van der Waals surface area (Å²) in [6.07, 6.45) is 15.4. The highest BCUT2D eigenvalue weighted by Crippen LogP contribution is 2.20. The van der Waals surface area contributed by atoms with Crippen molar-refractivity contribution in [3.63, 3.8) is 0 Å². The minimum Gasteiger partial charge on any atom is -0.366 e. The average molecular weight is 428 g/mol. The summed E-state index contributed by atoms with van der Waals surface area (Å²) in [5.74, 6) is 0. The summed E-state index contributed by atoms with van der Waals surface area (Å²) >= 11 is 0. The van der Waals surface area contributed by atoms with Gasteiger partial charge in [0.05, 0.1) is 11.4 Å². The van der Waals surface area contributed by atoms with E-state index in [1.807, 2.05) is 46.7 Å². The van der Waals surface area contributed by atoms with Gasteiger partial charge in [0.15, 0.2) is 0 Å². The molecule has 0 atom stereocenters. The van der Waals surface area contributed by atoms with Gasteiger partial charge in [-0.15, -0.1) is 0 Å². The summed E-state index contributed by atoms with van der Waals surface area (Å²) in [6.45, 7) is 8.58. The Balaban J connectivity index is 2.13. The van der Waals surface area contributed by atoms with Crippen LogP contribution in [0.4, 0.5) is 5.69 Å². The lowest BCUT2D eigenvalue weighted by atomic mass is 10.1. The standard InChI is InChI=1S/C27H45N3O/c1-5-7-9-11-13-18-22-29(23-19-14-12-10-8-6-2)26-24(3)28(4)30(27(26)31)25-20-16-15-17-21-25/h15-17,20-21H,5-14,18-19,22-23H2,1-4H3. The number of para-hydroxylation sites is 1. The molecule has 0 saturated heterocycles. The quantitative estimate of drug-likeness (QED) is 0.270. The van der Waals surface area contributed by atoms with E-state index in [-0.39, 0.29) is 5.56 Å². The van der Waals surface area contributed by atoms with Crippen molar-refractivity contribution in [2.75, 3.05) is 18.0 Å². The molecule has 0 unspecified atom stereocenters. The molecular formula is C27H45N3O. The van der Waals surface area contributed by atoms with E-state index in [0.29, 0.717) is 0 Å². The van der Waals surface area contributed by atoms with Gasteiger partial charge in [-0.05, 0) is 31.9 Å². The molecule has 0 N–H and O–H groups in total. The van der Waals surface area contributed by atoms with E-state index in [2.05, 4.69) is 25.7 Å². The minimum absolute atomic E-state index is 0.114. The van der Waals surface area contributed by atoms with E-state index in [0.717, 1.165) is 30.2 Å². The number of aromatic nitrogens is 2. The Kier molecular flexibility index (Phi) is 11.6. The van der Waals surface area contributed by atoms with Crippen molar-refractivity contribution in [2.45, 2.75) is 97.8 Å². The summed E-state index contributed by atoms with van der Waals surface area (Å²) < 4.78 is 3.84. The molecule has 4 nitrogen and oxygen atoms in total. The van der Waals surface area contributed by atoms with Crippen LogP contribution in [-0.4, -0.2) is 22.5 Å². The molecule has 0 aliphatic rings. The highest BCUT2D eigenvalue weighted by atomic mass is 16.1. The predicted octanol–water partition coefficient (Wildman–Crippen LogP) is 7.01. The Hall–Kier alpha value is -1.97. The van der Waals surface area contributed by atoms with E-state index < -0.39 is 0 Å². The van der Waals surface area contributed by atoms with E-state index in [1.165, 1.54) is 77.0 Å². The van der Waals surface area contributed by atoms with Gasteiger partial charge in [-0.2, -0.15) is 0 Å². The monoisotopic (exact) mass is 427 g/mol. The van der Waals surface area contributed by atoms with Crippen molar-refractivity contribution < 1.29 is 0 Å². The van der Waals surface area contributed by atoms with Gasteiger partial charge in [0, 0.05) is 20.1 Å². The zero-order chi connectivity index (χ0) is 22.5. The normalized spacial score (nSPS) is 11.2. The summed E-state index contributed by atoms with van der Waals surface area (Å²) in [6, 6.07) is 10.0. The number of nitrogens with zero attached hydrogens (tertiary/aromatic N) is 3. The third kappa shape index (κ3) is 7.59. The second-order valence-corrected chi connectivity index (χ2v) is 8.93. The van der Waals surface area contributed by atoms with Gasteiger partial charge >= 0.3 is 0 Å². The molecule has 0 bridgehead atoms. The van der Waals surface area contributed by atoms with Crippen LogP contribution in [0, 0.1) is 6.92 Å². The van der Waals surface area contributed by atoms with Gasteiger partial charge < -0.3 is 4.90 Å². The van der Waals surface area contributed by atoms with E-state index in [9.17, 15) is 4.79 Å². The molecule has 2 aromatic rings. The van der Waals surface area contributed by atoms with Crippen LogP contribution in [0.5, 0.6) is 0 Å². The van der Waals surface area contributed by atoms with Crippen molar-refractivity contribution in [2.24, 2.45) is 7.05 Å². The molecule has 0 fully saturated rings. The molecule has 0 saturated carbocycles. The Morgan fingerprint density at radius 1 is 0.742 bits per heavy atom. The van der Waals surface area contributed by atoms with Gasteiger partial charge in [-0.3, -0.25) is 9.48 Å². The topological polar surface area (TPSA) is 30.2 Å². The molecule has 31 heavy (non-hydrogen) atoms. The molecule has 4 heteroatoms. The van der Waals surface area contributed by atoms with Gasteiger partial charge in [-0.1, -0.05) is 96.3 Å². The fourth-order valence-electron chi connectivity index (χ4n) is 4.42. The van der Waals surface area contributed by atoms with E-state index in [1.54, 1.807) is 0 Å². The molecule has 174 valence electrons. The number of rotatable bonds is 16. The summed E-state index contributed by atoms with van der Waals surface area (Å²) in [7, 11) is 2.00. The third-order valence-corrected chi connectivity index (χ3v) is 6.40. The zero-order valence-corrected chi connectivity index (χ0v) is 20.5. The van der Waals surface area contributed by atoms with Crippen LogP contribution >= 0.6 is 0 Å². The first-order chi connectivity index (χ1) is 15.1. The molecule has 0 aliphatic heterocycles. The lowest BCUT2D eigenvalue weighted by Gasteiger charge is -2.24. The van der Waals surface area contributed by atoms with Gasteiger partial charge in [0.1, 0.15) is 5.69 Å². The number of hydrogen-bond donors (Lipinski definition) is 0. The second kappa shape index (κ2) is 14.2. The number of benzene rings is 1. The largest absolute Gasteiger partial charge is 0.366 e. The fraction of sp³-hybridized carbons (Fsp3) is 0.667. The van der Waals surface area contributed by atoms with Crippen LogP contribution < -0.4 is 10.5 Å². The molecule has 0 amide bonds.